The van der Waals surface area contributed by atoms with Gasteiger partial charge in [-0.15, -0.1) is 0 Å². The zero-order valence-corrected chi connectivity index (χ0v) is 10.6. The van der Waals surface area contributed by atoms with Crippen LogP contribution in [0.3, 0.4) is 0 Å². The van der Waals surface area contributed by atoms with Crippen molar-refractivity contribution in [3.8, 4) is 6.01 Å². The van der Waals surface area contributed by atoms with E-state index in [4.69, 9.17) is 10.5 Å². The predicted molar refractivity (Wildman–Crippen MR) is 66.7 cm³/mol. The molecule has 0 aliphatic heterocycles. The summed E-state index contributed by atoms with van der Waals surface area (Å²) in [5.41, 5.74) is 7.48. The van der Waals surface area contributed by atoms with Gasteiger partial charge in [0, 0.05) is 24.0 Å². The lowest BCUT2D eigenvalue weighted by Gasteiger charge is -2.28. The van der Waals surface area contributed by atoms with E-state index in [2.05, 4.69) is 16.9 Å². The first kappa shape index (κ1) is 12.3. The third kappa shape index (κ3) is 2.94. The monoisotopic (exact) mass is 235 g/mol. The predicted octanol–water partition coefficient (Wildman–Crippen LogP) is 2.20. The first-order valence-electron chi connectivity index (χ1n) is 6.40. The van der Waals surface area contributed by atoms with Gasteiger partial charge < -0.3 is 10.5 Å². The Morgan fingerprint density at radius 1 is 1.41 bits per heavy atom. The fraction of sp³-hybridized carbons (Fsp3) is 0.692. The second-order valence-corrected chi connectivity index (χ2v) is 4.89. The van der Waals surface area contributed by atoms with Crippen LogP contribution in [0, 0.1) is 12.8 Å². The molecule has 0 aromatic carbocycles. The van der Waals surface area contributed by atoms with Gasteiger partial charge in [0.1, 0.15) is 6.10 Å². The second-order valence-electron chi connectivity index (χ2n) is 4.89. The van der Waals surface area contributed by atoms with E-state index >= 15 is 0 Å². The zero-order chi connectivity index (χ0) is 12.3. The minimum absolute atomic E-state index is 0.270. The molecule has 17 heavy (non-hydrogen) atoms. The van der Waals surface area contributed by atoms with Crippen molar-refractivity contribution in [2.45, 2.75) is 52.2 Å². The molecule has 1 aromatic rings. The smallest absolute Gasteiger partial charge is 0.316 e. The van der Waals surface area contributed by atoms with E-state index in [9.17, 15) is 0 Å². The Balaban J connectivity index is 2.05. The molecule has 2 N–H and O–H groups in total. The molecule has 2 unspecified atom stereocenters. The van der Waals surface area contributed by atoms with Crippen LogP contribution in [0.5, 0.6) is 6.01 Å². The summed E-state index contributed by atoms with van der Waals surface area (Å²) in [6, 6.07) is 0.499. The number of hydrogen-bond acceptors (Lipinski definition) is 4. The van der Waals surface area contributed by atoms with Gasteiger partial charge in [0.25, 0.3) is 0 Å². The van der Waals surface area contributed by atoms with Crippen LogP contribution in [0.15, 0.2) is 6.20 Å². The fourth-order valence-corrected chi connectivity index (χ4v) is 2.32. The van der Waals surface area contributed by atoms with Gasteiger partial charge >= 0.3 is 6.01 Å². The molecule has 0 bridgehead atoms. The molecule has 0 spiro atoms. The van der Waals surface area contributed by atoms with Crippen molar-refractivity contribution >= 4 is 0 Å². The number of aromatic nitrogens is 2. The standard InChI is InChI=1S/C13H21N3O/c1-9-5-3-4-6-12(9)17-13-15-8-11(7-14)10(2)16-13/h8-9,12H,3-7,14H2,1-2H3. The number of nitrogens with zero attached hydrogens (tertiary/aromatic N) is 2. The highest BCUT2D eigenvalue weighted by Crippen LogP contribution is 2.26. The average molecular weight is 235 g/mol. The molecule has 0 radical (unpaired) electrons. The maximum Gasteiger partial charge on any atom is 0.316 e. The largest absolute Gasteiger partial charge is 0.460 e. The molecule has 4 heteroatoms. The third-order valence-corrected chi connectivity index (χ3v) is 3.57. The lowest BCUT2D eigenvalue weighted by molar-refractivity contribution is 0.0920. The van der Waals surface area contributed by atoms with Crippen molar-refractivity contribution in [3.63, 3.8) is 0 Å². The molecular weight excluding hydrogens is 214 g/mol. The molecule has 1 aliphatic carbocycles. The lowest BCUT2D eigenvalue weighted by Crippen LogP contribution is -2.29. The topological polar surface area (TPSA) is 61.0 Å². The summed E-state index contributed by atoms with van der Waals surface area (Å²) in [6.07, 6.45) is 6.95. The van der Waals surface area contributed by atoms with Gasteiger partial charge in [-0.2, -0.15) is 0 Å². The summed E-state index contributed by atoms with van der Waals surface area (Å²) in [5, 5.41) is 0. The Morgan fingerprint density at radius 3 is 2.82 bits per heavy atom. The van der Waals surface area contributed by atoms with E-state index in [1.54, 1.807) is 6.20 Å². The van der Waals surface area contributed by atoms with Crippen LogP contribution in [-0.4, -0.2) is 16.1 Å². The number of hydrogen-bond donors (Lipinski definition) is 1. The van der Waals surface area contributed by atoms with E-state index in [0.717, 1.165) is 17.7 Å². The Labute approximate surface area is 103 Å². The molecule has 2 rings (SSSR count). The second kappa shape index (κ2) is 5.45. The van der Waals surface area contributed by atoms with Gasteiger partial charge in [-0.1, -0.05) is 13.3 Å². The maximum atomic E-state index is 5.88. The molecule has 1 saturated carbocycles. The van der Waals surface area contributed by atoms with Gasteiger partial charge in [-0.25, -0.2) is 9.97 Å². The van der Waals surface area contributed by atoms with Crippen molar-refractivity contribution in [3.05, 3.63) is 17.5 Å². The Hall–Kier alpha value is -1.16. The van der Waals surface area contributed by atoms with Gasteiger partial charge in [-0.05, 0) is 32.1 Å². The molecule has 94 valence electrons. The van der Waals surface area contributed by atoms with Crippen LogP contribution in [0.1, 0.15) is 43.9 Å². The molecule has 1 heterocycles. The molecule has 1 aromatic heterocycles. The van der Waals surface area contributed by atoms with E-state index in [1.807, 2.05) is 6.92 Å². The first-order valence-corrected chi connectivity index (χ1v) is 6.40. The highest BCUT2D eigenvalue weighted by atomic mass is 16.5. The molecule has 1 fully saturated rings. The number of ether oxygens (including phenoxy) is 1. The first-order chi connectivity index (χ1) is 8.20. The van der Waals surface area contributed by atoms with E-state index in [0.29, 0.717) is 18.5 Å². The molecular formula is C13H21N3O. The Bertz CT molecular complexity index is 381. The van der Waals surface area contributed by atoms with Crippen molar-refractivity contribution in [2.75, 3.05) is 0 Å². The molecule has 0 amide bonds. The van der Waals surface area contributed by atoms with Gasteiger partial charge in [0.2, 0.25) is 0 Å². The van der Waals surface area contributed by atoms with Crippen LogP contribution in [-0.2, 0) is 6.54 Å². The van der Waals surface area contributed by atoms with Crippen LogP contribution < -0.4 is 10.5 Å². The summed E-state index contributed by atoms with van der Waals surface area (Å²) in [7, 11) is 0. The SMILES string of the molecule is Cc1nc(OC2CCCCC2C)ncc1CN. The van der Waals surface area contributed by atoms with E-state index < -0.39 is 0 Å². The average Bonchev–Trinajstić information content (AvgIpc) is 2.32. The number of rotatable bonds is 3. The number of nitrogens with two attached hydrogens (primary N) is 1. The van der Waals surface area contributed by atoms with E-state index in [1.165, 1.54) is 19.3 Å². The van der Waals surface area contributed by atoms with Gasteiger partial charge in [0.15, 0.2) is 0 Å². The summed E-state index contributed by atoms with van der Waals surface area (Å²) in [5.74, 6) is 0.599. The van der Waals surface area contributed by atoms with Crippen molar-refractivity contribution in [2.24, 2.45) is 11.7 Å². The summed E-state index contributed by atoms with van der Waals surface area (Å²) < 4.78 is 5.88. The number of aryl methyl sites for hydroxylation is 1. The van der Waals surface area contributed by atoms with Gasteiger partial charge in [-0.3, -0.25) is 0 Å². The summed E-state index contributed by atoms with van der Waals surface area (Å²) in [6.45, 7) is 4.66. The third-order valence-electron chi connectivity index (χ3n) is 3.57. The fourth-order valence-electron chi connectivity index (χ4n) is 2.32. The highest BCUT2D eigenvalue weighted by Gasteiger charge is 2.23. The zero-order valence-electron chi connectivity index (χ0n) is 10.6. The molecule has 4 nitrogen and oxygen atoms in total. The van der Waals surface area contributed by atoms with Gasteiger partial charge in [0.05, 0.1) is 0 Å². The minimum Gasteiger partial charge on any atom is -0.460 e. The van der Waals surface area contributed by atoms with Crippen molar-refractivity contribution in [1.29, 1.82) is 0 Å². The van der Waals surface area contributed by atoms with Crippen LogP contribution in [0.2, 0.25) is 0 Å². The molecule has 1 aliphatic rings. The summed E-state index contributed by atoms with van der Waals surface area (Å²) in [4.78, 5) is 8.58. The highest BCUT2D eigenvalue weighted by molar-refractivity contribution is 5.17. The Kier molecular flexibility index (Phi) is 3.94. The van der Waals surface area contributed by atoms with Crippen molar-refractivity contribution in [1.82, 2.24) is 9.97 Å². The molecule has 0 saturated heterocycles. The maximum absolute atomic E-state index is 5.88. The normalized spacial score (nSPS) is 24.6. The minimum atomic E-state index is 0.270. The lowest BCUT2D eigenvalue weighted by atomic mass is 9.88. The summed E-state index contributed by atoms with van der Waals surface area (Å²) >= 11 is 0. The van der Waals surface area contributed by atoms with Crippen molar-refractivity contribution < 1.29 is 4.74 Å². The quantitative estimate of drug-likeness (QED) is 0.872. The van der Waals surface area contributed by atoms with Crippen LogP contribution in [0.25, 0.3) is 0 Å². The van der Waals surface area contributed by atoms with Crippen LogP contribution in [0.4, 0.5) is 0 Å². The molecule has 2 atom stereocenters. The van der Waals surface area contributed by atoms with Crippen LogP contribution >= 0.6 is 0 Å². The Morgan fingerprint density at radius 2 is 2.18 bits per heavy atom. The van der Waals surface area contributed by atoms with E-state index in [-0.39, 0.29) is 6.10 Å².